The number of amides is 1. The lowest BCUT2D eigenvalue weighted by atomic mass is 10.2. The number of carbonyl (C=O) groups is 2. The molecule has 1 aromatic carbocycles. The van der Waals surface area contributed by atoms with Crippen LogP contribution in [-0.4, -0.2) is 29.6 Å². The Kier molecular flexibility index (Phi) is 3.45. The molecule has 1 aromatic rings. The maximum Gasteiger partial charge on any atom is 0.338 e. The fourth-order valence-corrected chi connectivity index (χ4v) is 1.40. The van der Waals surface area contributed by atoms with Crippen molar-refractivity contribution in [2.24, 2.45) is 0 Å². The first-order chi connectivity index (χ1) is 8.56. The van der Waals surface area contributed by atoms with Gasteiger partial charge in [0.15, 0.2) is 6.61 Å². The second-order valence-corrected chi connectivity index (χ2v) is 4.08. The van der Waals surface area contributed by atoms with Gasteiger partial charge in [0.25, 0.3) is 5.91 Å². The van der Waals surface area contributed by atoms with Crippen molar-refractivity contribution >= 4 is 11.9 Å². The molecule has 0 heterocycles. The highest BCUT2D eigenvalue weighted by atomic mass is 19.1. The van der Waals surface area contributed by atoms with Crippen molar-refractivity contribution < 1.29 is 23.8 Å². The van der Waals surface area contributed by atoms with Crippen LogP contribution in [0.15, 0.2) is 18.2 Å². The molecule has 5 nitrogen and oxygen atoms in total. The molecule has 0 aliphatic heterocycles. The van der Waals surface area contributed by atoms with Crippen LogP contribution in [0.2, 0.25) is 0 Å². The Morgan fingerprint density at radius 1 is 1.44 bits per heavy atom. The number of carbonyl (C=O) groups excluding carboxylic acids is 1. The smallest absolute Gasteiger partial charge is 0.338 e. The van der Waals surface area contributed by atoms with Crippen molar-refractivity contribution in [3.8, 4) is 5.75 Å². The summed E-state index contributed by atoms with van der Waals surface area (Å²) in [6.45, 7) is -0.206. The summed E-state index contributed by atoms with van der Waals surface area (Å²) in [5, 5.41) is 11.4. The summed E-state index contributed by atoms with van der Waals surface area (Å²) in [6.07, 6.45) is 1.96. The number of hydrogen-bond donors (Lipinski definition) is 2. The van der Waals surface area contributed by atoms with E-state index in [1.165, 1.54) is 6.07 Å². The molecule has 2 rings (SSSR count). The number of nitrogens with one attached hydrogen (secondary N) is 1. The van der Waals surface area contributed by atoms with E-state index in [1.807, 2.05) is 0 Å². The van der Waals surface area contributed by atoms with Crippen molar-refractivity contribution in [1.29, 1.82) is 0 Å². The molecule has 0 atom stereocenters. The van der Waals surface area contributed by atoms with Gasteiger partial charge in [0.05, 0.1) is 5.56 Å². The Hall–Kier alpha value is -2.11. The highest BCUT2D eigenvalue weighted by Crippen LogP contribution is 2.19. The SMILES string of the molecule is O=C(COc1ccc(C(=O)O)c(F)c1)NC1CC1. The Balaban J connectivity index is 1.90. The second kappa shape index (κ2) is 5.03. The molecule has 18 heavy (non-hydrogen) atoms. The van der Waals surface area contributed by atoms with Gasteiger partial charge in [-0.05, 0) is 25.0 Å². The lowest BCUT2D eigenvalue weighted by molar-refractivity contribution is -0.123. The zero-order valence-corrected chi connectivity index (χ0v) is 9.48. The van der Waals surface area contributed by atoms with Gasteiger partial charge in [-0.2, -0.15) is 0 Å². The molecule has 0 unspecified atom stereocenters. The van der Waals surface area contributed by atoms with E-state index in [2.05, 4.69) is 5.32 Å². The molecule has 1 fully saturated rings. The number of benzene rings is 1. The number of ether oxygens (including phenoxy) is 1. The van der Waals surface area contributed by atoms with Gasteiger partial charge in [-0.15, -0.1) is 0 Å². The zero-order chi connectivity index (χ0) is 13.1. The van der Waals surface area contributed by atoms with E-state index in [1.54, 1.807) is 0 Å². The Bertz CT molecular complexity index is 485. The van der Waals surface area contributed by atoms with E-state index < -0.39 is 17.3 Å². The van der Waals surface area contributed by atoms with Gasteiger partial charge in [-0.3, -0.25) is 4.79 Å². The molecule has 96 valence electrons. The third-order valence-electron chi connectivity index (χ3n) is 2.48. The van der Waals surface area contributed by atoms with Crippen molar-refractivity contribution in [2.45, 2.75) is 18.9 Å². The summed E-state index contributed by atoms with van der Waals surface area (Å²) >= 11 is 0. The summed E-state index contributed by atoms with van der Waals surface area (Å²) in [5.41, 5.74) is -0.426. The van der Waals surface area contributed by atoms with Gasteiger partial charge < -0.3 is 15.2 Å². The van der Waals surface area contributed by atoms with Crippen molar-refractivity contribution in [2.75, 3.05) is 6.61 Å². The van der Waals surface area contributed by atoms with E-state index in [0.717, 1.165) is 25.0 Å². The average molecular weight is 253 g/mol. The van der Waals surface area contributed by atoms with Crippen LogP contribution in [0.5, 0.6) is 5.75 Å². The number of halogens is 1. The maximum atomic E-state index is 13.3. The molecular weight excluding hydrogens is 241 g/mol. The molecule has 0 spiro atoms. The van der Waals surface area contributed by atoms with Crippen molar-refractivity contribution in [1.82, 2.24) is 5.32 Å². The molecule has 2 N–H and O–H groups in total. The maximum absolute atomic E-state index is 13.3. The molecule has 0 aromatic heterocycles. The predicted octanol–water partition coefficient (Wildman–Crippen LogP) is 1.18. The van der Waals surface area contributed by atoms with Crippen LogP contribution in [0, 0.1) is 5.82 Å². The lowest BCUT2D eigenvalue weighted by Crippen LogP contribution is -2.30. The average Bonchev–Trinajstić information content (AvgIpc) is 3.10. The van der Waals surface area contributed by atoms with E-state index in [9.17, 15) is 14.0 Å². The highest BCUT2D eigenvalue weighted by Gasteiger charge is 2.23. The number of rotatable bonds is 5. The van der Waals surface area contributed by atoms with Crippen LogP contribution in [0.1, 0.15) is 23.2 Å². The number of carboxylic acids is 1. The Morgan fingerprint density at radius 3 is 2.72 bits per heavy atom. The van der Waals surface area contributed by atoms with Gasteiger partial charge in [0.2, 0.25) is 0 Å². The van der Waals surface area contributed by atoms with Crippen molar-refractivity contribution in [3.63, 3.8) is 0 Å². The molecular formula is C12H12FNO4. The fourth-order valence-electron chi connectivity index (χ4n) is 1.40. The summed E-state index contributed by atoms with van der Waals surface area (Å²) in [6, 6.07) is 3.61. The van der Waals surface area contributed by atoms with Crippen LogP contribution in [0.25, 0.3) is 0 Å². The Labute approximate surface area is 103 Å². The third-order valence-corrected chi connectivity index (χ3v) is 2.48. The largest absolute Gasteiger partial charge is 0.484 e. The molecule has 0 saturated heterocycles. The molecule has 1 amide bonds. The molecule has 1 aliphatic rings. The molecule has 0 radical (unpaired) electrons. The summed E-state index contributed by atoms with van der Waals surface area (Å²) in [5.74, 6) is -2.36. The Morgan fingerprint density at radius 2 is 2.17 bits per heavy atom. The van der Waals surface area contributed by atoms with Crippen LogP contribution < -0.4 is 10.1 Å². The summed E-state index contributed by atoms with van der Waals surface area (Å²) < 4.78 is 18.4. The van der Waals surface area contributed by atoms with Gasteiger partial charge in [-0.25, -0.2) is 9.18 Å². The number of aromatic carboxylic acids is 1. The van der Waals surface area contributed by atoms with Crippen LogP contribution in [0.4, 0.5) is 4.39 Å². The predicted molar refractivity (Wildman–Crippen MR) is 60.0 cm³/mol. The summed E-state index contributed by atoms with van der Waals surface area (Å²) in [7, 11) is 0. The summed E-state index contributed by atoms with van der Waals surface area (Å²) in [4.78, 5) is 21.9. The number of carboxylic acid groups (broad SMARTS) is 1. The van der Waals surface area contributed by atoms with Gasteiger partial charge in [0.1, 0.15) is 11.6 Å². The first-order valence-corrected chi connectivity index (χ1v) is 5.51. The lowest BCUT2D eigenvalue weighted by Gasteiger charge is -2.07. The van der Waals surface area contributed by atoms with E-state index >= 15 is 0 Å². The topological polar surface area (TPSA) is 75.6 Å². The quantitative estimate of drug-likeness (QED) is 0.826. The number of hydrogen-bond acceptors (Lipinski definition) is 3. The standard InChI is InChI=1S/C12H12FNO4/c13-10-5-8(3-4-9(10)12(16)17)18-6-11(15)14-7-1-2-7/h3-5,7H,1-2,6H2,(H,14,15)(H,16,17). The molecule has 1 aliphatic carbocycles. The molecule has 1 saturated carbocycles. The monoisotopic (exact) mass is 253 g/mol. The van der Waals surface area contributed by atoms with E-state index in [-0.39, 0.29) is 24.3 Å². The third kappa shape index (κ3) is 3.19. The molecule has 6 heteroatoms. The van der Waals surface area contributed by atoms with Crippen LogP contribution in [-0.2, 0) is 4.79 Å². The minimum atomic E-state index is -1.34. The minimum absolute atomic E-state index is 0.128. The second-order valence-electron chi connectivity index (χ2n) is 4.08. The molecule has 0 bridgehead atoms. The van der Waals surface area contributed by atoms with Gasteiger partial charge in [0, 0.05) is 12.1 Å². The minimum Gasteiger partial charge on any atom is -0.484 e. The van der Waals surface area contributed by atoms with Crippen LogP contribution in [0.3, 0.4) is 0 Å². The zero-order valence-electron chi connectivity index (χ0n) is 9.48. The van der Waals surface area contributed by atoms with E-state index in [4.69, 9.17) is 9.84 Å². The first kappa shape index (κ1) is 12.3. The van der Waals surface area contributed by atoms with Crippen molar-refractivity contribution in [3.05, 3.63) is 29.6 Å². The van der Waals surface area contributed by atoms with E-state index in [0.29, 0.717) is 0 Å². The normalized spacial score (nSPS) is 14.1. The highest BCUT2D eigenvalue weighted by molar-refractivity contribution is 5.88. The van der Waals surface area contributed by atoms with Gasteiger partial charge in [-0.1, -0.05) is 0 Å². The first-order valence-electron chi connectivity index (χ1n) is 5.51. The van der Waals surface area contributed by atoms with Crippen LogP contribution >= 0.6 is 0 Å². The fraction of sp³-hybridized carbons (Fsp3) is 0.333. The van der Waals surface area contributed by atoms with Gasteiger partial charge >= 0.3 is 5.97 Å².